The summed E-state index contributed by atoms with van der Waals surface area (Å²) in [6.45, 7) is 1.96. The van der Waals surface area contributed by atoms with E-state index in [1.54, 1.807) is 13.2 Å². The number of hydrogen-bond acceptors (Lipinski definition) is 3. The molecule has 0 saturated heterocycles. The number of rotatable bonds is 4. The lowest BCUT2D eigenvalue weighted by Crippen LogP contribution is -2.26. The number of methoxy groups -OCH3 is 1. The van der Waals surface area contributed by atoms with Gasteiger partial charge >= 0.3 is 0 Å². The second-order valence-electron chi connectivity index (χ2n) is 5.21. The number of carbonyl (C=O) groups excluding carboxylic acids is 1. The summed E-state index contributed by atoms with van der Waals surface area (Å²) in [6.07, 6.45) is 0. The van der Waals surface area contributed by atoms with E-state index in [1.165, 1.54) is 11.3 Å². The van der Waals surface area contributed by atoms with E-state index < -0.39 is 0 Å². The molecule has 3 aromatic rings. The minimum atomic E-state index is -0.143. The fraction of sp³-hybridized carbons (Fsp3) is 0.167. The molecule has 118 valence electrons. The molecule has 5 heteroatoms. The Labute approximate surface area is 143 Å². The van der Waals surface area contributed by atoms with Gasteiger partial charge in [-0.05, 0) is 30.7 Å². The fourth-order valence-corrected chi connectivity index (χ4v) is 3.84. The predicted octanol–water partition coefficient (Wildman–Crippen LogP) is 5.05. The lowest BCUT2D eigenvalue weighted by atomic mass is 10.1. The smallest absolute Gasteiger partial charge is 0.265 e. The summed E-state index contributed by atoms with van der Waals surface area (Å²) in [6, 6.07) is 15.3. The lowest BCUT2D eigenvalue weighted by Gasteiger charge is -2.14. The number of nitrogens with one attached hydrogen (secondary N) is 1. The minimum Gasteiger partial charge on any atom is -0.494 e. The highest BCUT2D eigenvalue weighted by Crippen LogP contribution is 2.39. The van der Waals surface area contributed by atoms with Gasteiger partial charge in [0.2, 0.25) is 0 Å². The van der Waals surface area contributed by atoms with Gasteiger partial charge in [-0.15, -0.1) is 11.3 Å². The average molecular weight is 346 g/mol. The summed E-state index contributed by atoms with van der Waals surface area (Å²) in [5, 5.41) is 4.57. The number of hydrogen-bond donors (Lipinski definition) is 1. The molecule has 0 bridgehead atoms. The number of fused-ring (bicyclic) bond motifs is 1. The maximum Gasteiger partial charge on any atom is 0.265 e. The SMILES string of the molecule is COc1c(C(=O)NC(C)c2ccccc2)sc2cc(Cl)ccc12. The maximum atomic E-state index is 12.6. The lowest BCUT2D eigenvalue weighted by molar-refractivity contribution is 0.0941. The van der Waals surface area contributed by atoms with Crippen LogP contribution < -0.4 is 10.1 Å². The van der Waals surface area contributed by atoms with Crippen molar-refractivity contribution in [3.05, 3.63) is 64.0 Å². The van der Waals surface area contributed by atoms with Crippen LogP contribution in [0.1, 0.15) is 28.2 Å². The first-order chi connectivity index (χ1) is 11.1. The molecule has 0 aliphatic rings. The number of benzene rings is 2. The monoisotopic (exact) mass is 345 g/mol. The number of thiophene rings is 1. The van der Waals surface area contributed by atoms with E-state index in [0.717, 1.165) is 15.6 Å². The van der Waals surface area contributed by atoms with Crippen molar-refractivity contribution in [2.45, 2.75) is 13.0 Å². The Morgan fingerprint density at radius 3 is 2.65 bits per heavy atom. The van der Waals surface area contributed by atoms with Gasteiger partial charge in [0.15, 0.2) is 0 Å². The second-order valence-corrected chi connectivity index (χ2v) is 6.70. The third kappa shape index (κ3) is 3.19. The molecule has 2 aromatic carbocycles. The van der Waals surface area contributed by atoms with Crippen LogP contribution in [0.5, 0.6) is 5.75 Å². The first-order valence-electron chi connectivity index (χ1n) is 7.22. The van der Waals surface area contributed by atoms with Crippen molar-refractivity contribution in [2.75, 3.05) is 7.11 Å². The van der Waals surface area contributed by atoms with Crippen molar-refractivity contribution in [1.29, 1.82) is 0 Å². The largest absolute Gasteiger partial charge is 0.494 e. The van der Waals surface area contributed by atoms with Crippen LogP contribution >= 0.6 is 22.9 Å². The summed E-state index contributed by atoms with van der Waals surface area (Å²) < 4.78 is 6.39. The summed E-state index contributed by atoms with van der Waals surface area (Å²) in [5.74, 6) is 0.454. The number of amides is 1. The molecule has 3 rings (SSSR count). The van der Waals surface area contributed by atoms with E-state index in [-0.39, 0.29) is 11.9 Å². The van der Waals surface area contributed by atoms with Crippen molar-refractivity contribution < 1.29 is 9.53 Å². The maximum absolute atomic E-state index is 12.6. The molecule has 0 fully saturated rings. The topological polar surface area (TPSA) is 38.3 Å². The number of ether oxygens (including phenoxy) is 1. The molecular weight excluding hydrogens is 330 g/mol. The van der Waals surface area contributed by atoms with Gasteiger partial charge < -0.3 is 10.1 Å². The van der Waals surface area contributed by atoms with Gasteiger partial charge in [0, 0.05) is 15.1 Å². The third-order valence-electron chi connectivity index (χ3n) is 3.66. The van der Waals surface area contributed by atoms with Crippen LogP contribution in [-0.2, 0) is 0 Å². The zero-order chi connectivity index (χ0) is 16.4. The quantitative estimate of drug-likeness (QED) is 0.718. The molecule has 0 saturated carbocycles. The molecule has 1 N–H and O–H groups in total. The van der Waals surface area contributed by atoms with Crippen molar-refractivity contribution >= 4 is 38.9 Å². The molecule has 0 aliphatic heterocycles. The van der Waals surface area contributed by atoms with Gasteiger partial charge in [-0.3, -0.25) is 4.79 Å². The molecule has 0 spiro atoms. The zero-order valence-electron chi connectivity index (χ0n) is 12.8. The fourth-order valence-electron chi connectivity index (χ4n) is 2.49. The van der Waals surface area contributed by atoms with Gasteiger partial charge in [0.1, 0.15) is 10.6 Å². The molecule has 1 heterocycles. The summed E-state index contributed by atoms with van der Waals surface area (Å²) in [7, 11) is 1.58. The highest BCUT2D eigenvalue weighted by molar-refractivity contribution is 7.21. The first-order valence-corrected chi connectivity index (χ1v) is 8.41. The van der Waals surface area contributed by atoms with E-state index in [9.17, 15) is 4.79 Å². The summed E-state index contributed by atoms with van der Waals surface area (Å²) in [5.41, 5.74) is 1.06. The number of halogens is 1. The van der Waals surface area contributed by atoms with Crippen molar-refractivity contribution in [3.63, 3.8) is 0 Å². The molecule has 3 nitrogen and oxygen atoms in total. The van der Waals surface area contributed by atoms with Crippen LogP contribution in [0, 0.1) is 0 Å². The molecule has 1 aromatic heterocycles. The number of carbonyl (C=O) groups is 1. The Kier molecular flexibility index (Phi) is 4.55. The van der Waals surface area contributed by atoms with E-state index in [1.807, 2.05) is 49.4 Å². The Balaban J connectivity index is 1.91. The van der Waals surface area contributed by atoms with Crippen molar-refractivity contribution in [3.8, 4) is 5.75 Å². The van der Waals surface area contributed by atoms with Gasteiger partial charge in [-0.25, -0.2) is 0 Å². The Hall–Kier alpha value is -2.04. The third-order valence-corrected chi connectivity index (χ3v) is 5.03. The molecule has 0 radical (unpaired) electrons. The van der Waals surface area contributed by atoms with Crippen LogP contribution in [0.3, 0.4) is 0 Å². The van der Waals surface area contributed by atoms with Crippen molar-refractivity contribution in [2.24, 2.45) is 0 Å². The first kappa shape index (κ1) is 15.8. The van der Waals surface area contributed by atoms with Gasteiger partial charge in [0.25, 0.3) is 5.91 Å². The minimum absolute atomic E-state index is 0.0813. The van der Waals surface area contributed by atoms with E-state index in [4.69, 9.17) is 16.3 Å². The van der Waals surface area contributed by atoms with Crippen LogP contribution in [0.25, 0.3) is 10.1 Å². The van der Waals surface area contributed by atoms with Crippen LogP contribution in [0.2, 0.25) is 5.02 Å². The molecular formula is C18H16ClNO2S. The standard InChI is InChI=1S/C18H16ClNO2S/c1-11(12-6-4-3-5-7-12)20-18(21)17-16(22-2)14-9-8-13(19)10-15(14)23-17/h3-11H,1-2H3,(H,20,21). The molecule has 1 amide bonds. The van der Waals surface area contributed by atoms with Gasteiger partial charge in [-0.1, -0.05) is 41.9 Å². The Bertz CT molecular complexity index is 845. The van der Waals surface area contributed by atoms with Crippen molar-refractivity contribution in [1.82, 2.24) is 5.32 Å². The normalized spacial score (nSPS) is 12.1. The second kappa shape index (κ2) is 6.60. The average Bonchev–Trinajstić information content (AvgIpc) is 2.93. The highest BCUT2D eigenvalue weighted by atomic mass is 35.5. The zero-order valence-corrected chi connectivity index (χ0v) is 14.4. The van der Waals surface area contributed by atoms with Crippen LogP contribution in [0.4, 0.5) is 0 Å². The van der Waals surface area contributed by atoms with Crippen LogP contribution in [0.15, 0.2) is 48.5 Å². The highest BCUT2D eigenvalue weighted by Gasteiger charge is 2.21. The molecule has 23 heavy (non-hydrogen) atoms. The van der Waals surface area contributed by atoms with E-state index >= 15 is 0 Å². The van der Waals surface area contributed by atoms with Gasteiger partial charge in [-0.2, -0.15) is 0 Å². The summed E-state index contributed by atoms with van der Waals surface area (Å²) >= 11 is 7.42. The Morgan fingerprint density at radius 1 is 1.22 bits per heavy atom. The predicted molar refractivity (Wildman–Crippen MR) is 95.7 cm³/mol. The van der Waals surface area contributed by atoms with E-state index in [2.05, 4.69) is 5.32 Å². The Morgan fingerprint density at radius 2 is 1.96 bits per heavy atom. The van der Waals surface area contributed by atoms with E-state index in [0.29, 0.717) is 15.6 Å². The van der Waals surface area contributed by atoms with Gasteiger partial charge in [0.05, 0.1) is 13.2 Å². The molecule has 0 aliphatic carbocycles. The molecule has 1 atom stereocenters. The summed E-state index contributed by atoms with van der Waals surface area (Å²) in [4.78, 5) is 13.2. The molecule has 1 unspecified atom stereocenters. The van der Waals surface area contributed by atoms with Crippen LogP contribution in [-0.4, -0.2) is 13.0 Å².